The number of rotatable bonds is 5. The van der Waals surface area contributed by atoms with Crippen LogP contribution >= 0.6 is 0 Å². The summed E-state index contributed by atoms with van der Waals surface area (Å²) in [5.74, 6) is -0.459. The van der Waals surface area contributed by atoms with Crippen molar-refractivity contribution in [1.29, 1.82) is 0 Å². The van der Waals surface area contributed by atoms with Gasteiger partial charge < -0.3 is 9.47 Å². The van der Waals surface area contributed by atoms with E-state index in [1.54, 1.807) is 24.3 Å². The van der Waals surface area contributed by atoms with Crippen molar-refractivity contribution in [2.45, 2.75) is 31.3 Å². The van der Waals surface area contributed by atoms with Crippen LogP contribution in [0.3, 0.4) is 0 Å². The third-order valence-electron chi connectivity index (χ3n) is 4.04. The maximum atomic E-state index is 12.2. The number of esters is 1. The van der Waals surface area contributed by atoms with Gasteiger partial charge in [0.2, 0.25) is 0 Å². The Kier molecular flexibility index (Phi) is 4.95. The van der Waals surface area contributed by atoms with Crippen LogP contribution in [0, 0.1) is 0 Å². The molecule has 1 saturated heterocycles. The number of hydrogen-bond donors (Lipinski definition) is 1. The lowest BCUT2D eigenvalue weighted by atomic mass is 10.1. The van der Waals surface area contributed by atoms with Gasteiger partial charge in [0.05, 0.1) is 5.56 Å². The van der Waals surface area contributed by atoms with Crippen molar-refractivity contribution in [3.63, 3.8) is 0 Å². The van der Waals surface area contributed by atoms with Crippen LogP contribution in [-0.4, -0.2) is 27.7 Å². The van der Waals surface area contributed by atoms with Crippen molar-refractivity contribution < 1.29 is 14.3 Å². The smallest absolute Gasteiger partial charge is 0.338 e. The van der Waals surface area contributed by atoms with E-state index >= 15 is 0 Å². The van der Waals surface area contributed by atoms with Crippen LogP contribution in [0.2, 0.25) is 0 Å². The zero-order chi connectivity index (χ0) is 17.8. The average molecular weight is 342 g/mol. The number of aromatic amines is 1. The van der Waals surface area contributed by atoms with Crippen molar-refractivity contribution in [2.75, 3.05) is 0 Å². The minimum atomic E-state index is -0.629. The molecule has 130 valence electrons. The molecule has 1 aliphatic heterocycles. The molecular weight excluding hydrogens is 324 g/mol. The summed E-state index contributed by atoms with van der Waals surface area (Å²) in [6, 6.07) is 9.92. The van der Waals surface area contributed by atoms with E-state index in [1.165, 1.54) is 22.9 Å². The highest BCUT2D eigenvalue weighted by molar-refractivity contribution is 5.89. The molecule has 1 N–H and O–H groups in total. The van der Waals surface area contributed by atoms with Gasteiger partial charge in [-0.25, -0.2) is 9.59 Å². The Labute approximate surface area is 143 Å². The number of carbonyl (C=O) groups excluding carboxylic acids is 1. The Hall–Kier alpha value is -2.93. The first kappa shape index (κ1) is 16.9. The van der Waals surface area contributed by atoms with Gasteiger partial charge in [-0.2, -0.15) is 0 Å². The minimum Gasteiger partial charge on any atom is -0.452 e. The van der Waals surface area contributed by atoms with E-state index in [-0.39, 0.29) is 0 Å². The molecule has 0 spiro atoms. The normalized spacial score (nSPS) is 20.8. The Bertz CT molecular complexity index is 871. The first-order valence-corrected chi connectivity index (χ1v) is 7.94. The molecule has 2 heterocycles. The number of hydrogen-bond acceptors (Lipinski definition) is 5. The fourth-order valence-corrected chi connectivity index (χ4v) is 2.79. The topological polar surface area (TPSA) is 90.4 Å². The van der Waals surface area contributed by atoms with Gasteiger partial charge in [0.15, 0.2) is 0 Å². The van der Waals surface area contributed by atoms with Gasteiger partial charge in [-0.05, 0) is 31.1 Å². The summed E-state index contributed by atoms with van der Waals surface area (Å²) in [5, 5.41) is 0. The first-order valence-electron chi connectivity index (χ1n) is 7.94. The van der Waals surface area contributed by atoms with Crippen molar-refractivity contribution in [3.8, 4) is 0 Å². The van der Waals surface area contributed by atoms with Crippen LogP contribution in [0.15, 0.2) is 64.8 Å². The van der Waals surface area contributed by atoms with Gasteiger partial charge in [-0.1, -0.05) is 24.8 Å². The Morgan fingerprint density at radius 1 is 1.28 bits per heavy atom. The predicted molar refractivity (Wildman–Crippen MR) is 90.3 cm³/mol. The lowest BCUT2D eigenvalue weighted by Gasteiger charge is -2.21. The summed E-state index contributed by atoms with van der Waals surface area (Å²) in [6.45, 7) is 3.71. The van der Waals surface area contributed by atoms with Crippen molar-refractivity contribution in [1.82, 2.24) is 9.55 Å². The first-order chi connectivity index (χ1) is 12.1. The molecule has 0 saturated carbocycles. The summed E-state index contributed by atoms with van der Waals surface area (Å²) < 4.78 is 12.6. The summed E-state index contributed by atoms with van der Waals surface area (Å²) in [7, 11) is 0. The highest BCUT2D eigenvalue weighted by atomic mass is 16.6. The molecule has 1 aromatic carbocycles. The third-order valence-corrected chi connectivity index (χ3v) is 4.04. The third kappa shape index (κ3) is 3.77. The molecule has 7 nitrogen and oxygen atoms in total. The van der Waals surface area contributed by atoms with E-state index in [4.69, 9.17) is 9.47 Å². The van der Waals surface area contributed by atoms with Crippen molar-refractivity contribution >= 4 is 5.97 Å². The fraction of sp³-hybridized carbons (Fsp3) is 0.278. The lowest BCUT2D eigenvalue weighted by molar-refractivity contribution is -0.0556. The molecule has 0 aliphatic carbocycles. The van der Waals surface area contributed by atoms with Gasteiger partial charge in [0, 0.05) is 12.3 Å². The molecule has 2 aromatic rings. The molecule has 1 fully saturated rings. The number of nitrogens with zero attached hydrogens (tertiary/aromatic N) is 1. The maximum absolute atomic E-state index is 12.2. The zero-order valence-corrected chi connectivity index (χ0v) is 13.5. The summed E-state index contributed by atoms with van der Waals surface area (Å²) in [5.41, 5.74) is -0.549. The second-order valence-corrected chi connectivity index (χ2v) is 5.70. The Morgan fingerprint density at radius 2 is 2.04 bits per heavy atom. The average Bonchev–Trinajstić information content (AvgIpc) is 3.09. The minimum absolute atomic E-state index is 0.408. The SMILES string of the molecule is C=C[C@@H](OC(=O)c1ccccc1)C1CC[C@H](n2ccc(=O)[nH]c2=O)O1. The van der Waals surface area contributed by atoms with E-state index in [0.717, 1.165) is 0 Å². The van der Waals surface area contributed by atoms with E-state index in [2.05, 4.69) is 11.6 Å². The summed E-state index contributed by atoms with van der Waals surface area (Å²) in [4.78, 5) is 37.4. The van der Waals surface area contributed by atoms with E-state index in [9.17, 15) is 14.4 Å². The number of carbonyl (C=O) groups is 1. The Balaban J connectivity index is 1.69. The molecule has 3 rings (SSSR count). The van der Waals surface area contributed by atoms with Gasteiger partial charge in [-0.3, -0.25) is 14.3 Å². The molecule has 1 aromatic heterocycles. The fourth-order valence-electron chi connectivity index (χ4n) is 2.79. The van der Waals surface area contributed by atoms with E-state index in [0.29, 0.717) is 18.4 Å². The number of benzene rings is 1. The second-order valence-electron chi connectivity index (χ2n) is 5.70. The van der Waals surface area contributed by atoms with Crippen LogP contribution < -0.4 is 11.2 Å². The molecule has 25 heavy (non-hydrogen) atoms. The van der Waals surface area contributed by atoms with Gasteiger partial charge >= 0.3 is 11.7 Å². The standard InChI is InChI=1S/C18H18N2O5/c1-2-13(25-17(22)12-6-4-3-5-7-12)14-8-9-16(24-14)20-11-10-15(21)19-18(20)23/h2-7,10-11,13-14,16H,1,8-9H2,(H,19,21,23)/t13-,14?,16-/m1/s1. The summed E-state index contributed by atoms with van der Waals surface area (Å²) >= 11 is 0. The largest absolute Gasteiger partial charge is 0.452 e. The molecule has 0 radical (unpaired) electrons. The second kappa shape index (κ2) is 7.31. The molecule has 3 atom stereocenters. The van der Waals surface area contributed by atoms with Crippen LogP contribution in [0.4, 0.5) is 0 Å². The quantitative estimate of drug-likeness (QED) is 0.659. The monoisotopic (exact) mass is 342 g/mol. The lowest BCUT2D eigenvalue weighted by Crippen LogP contribution is -2.33. The highest BCUT2D eigenvalue weighted by Crippen LogP contribution is 2.30. The summed E-state index contributed by atoms with van der Waals surface area (Å²) in [6.07, 6.45) is 2.51. The molecule has 7 heteroatoms. The predicted octanol–water partition coefficient (Wildman–Crippen LogP) is 1.63. The van der Waals surface area contributed by atoms with Crippen LogP contribution in [0.1, 0.15) is 29.4 Å². The van der Waals surface area contributed by atoms with Crippen LogP contribution in [0.5, 0.6) is 0 Å². The van der Waals surface area contributed by atoms with Gasteiger partial charge in [-0.15, -0.1) is 0 Å². The van der Waals surface area contributed by atoms with Crippen molar-refractivity contribution in [3.05, 3.63) is 81.7 Å². The zero-order valence-electron chi connectivity index (χ0n) is 13.5. The Morgan fingerprint density at radius 3 is 2.72 bits per heavy atom. The van der Waals surface area contributed by atoms with Gasteiger partial charge in [0.1, 0.15) is 18.4 Å². The van der Waals surface area contributed by atoms with E-state index < -0.39 is 35.7 Å². The molecule has 1 unspecified atom stereocenters. The molecule has 0 amide bonds. The number of ether oxygens (including phenoxy) is 2. The van der Waals surface area contributed by atoms with Crippen molar-refractivity contribution in [2.24, 2.45) is 0 Å². The van der Waals surface area contributed by atoms with Gasteiger partial charge in [0.25, 0.3) is 5.56 Å². The van der Waals surface area contributed by atoms with Crippen LogP contribution in [-0.2, 0) is 9.47 Å². The molecular formula is C18H18N2O5. The molecule has 0 bridgehead atoms. The number of aromatic nitrogens is 2. The van der Waals surface area contributed by atoms with Crippen LogP contribution in [0.25, 0.3) is 0 Å². The maximum Gasteiger partial charge on any atom is 0.338 e. The molecule has 1 aliphatic rings. The number of H-pyrrole nitrogens is 1. The number of nitrogens with one attached hydrogen (secondary N) is 1. The highest BCUT2D eigenvalue weighted by Gasteiger charge is 2.34. The van der Waals surface area contributed by atoms with E-state index in [1.807, 2.05) is 6.07 Å².